The summed E-state index contributed by atoms with van der Waals surface area (Å²) in [6, 6.07) is 3.50. The Morgan fingerprint density at radius 3 is 2.04 bits per heavy atom. The Morgan fingerprint density at radius 2 is 1.58 bits per heavy atom. The number of nitrogens with one attached hydrogen (secondary N) is 1. The van der Waals surface area contributed by atoms with Crippen molar-refractivity contribution < 1.29 is 81.4 Å². The molecule has 71 heavy (non-hydrogen) atoms. The Kier molecular flexibility index (Phi) is 22.3. The van der Waals surface area contributed by atoms with Crippen molar-refractivity contribution in [3.63, 3.8) is 0 Å². The van der Waals surface area contributed by atoms with Gasteiger partial charge in [-0.15, -0.1) is 5.10 Å². The van der Waals surface area contributed by atoms with Crippen LogP contribution >= 0.6 is 17.1 Å². The number of fused-ring (bicyclic) bond motifs is 1. The molecule has 1 aliphatic rings. The number of amides is 1. The molecule has 1 saturated heterocycles. The predicted molar refractivity (Wildman–Crippen MR) is 250 cm³/mol. The lowest BCUT2D eigenvalue weighted by Crippen LogP contribution is -2.41. The number of nitro benzene ring substituents is 2. The molecular weight excluding hydrogens is 1070 g/mol. The Balaban J connectivity index is 0.000000300. The highest BCUT2D eigenvalue weighted by Crippen LogP contribution is 2.59. The average Bonchev–Trinajstić information content (AvgIpc) is 3.74. The molecule has 0 atom stereocenters. The molecule has 25 nitrogen and oxygen atoms in total. The number of nitrogens with zero attached hydrogens (tertiary/aromatic N) is 8. The smallest absolute Gasteiger partial charge is 0.417 e. The van der Waals surface area contributed by atoms with E-state index in [0.717, 1.165) is 28.8 Å². The maximum absolute atomic E-state index is 13.5. The van der Waals surface area contributed by atoms with Gasteiger partial charge in [-0.25, -0.2) is 35.5 Å². The van der Waals surface area contributed by atoms with Gasteiger partial charge >= 0.3 is 23.6 Å². The van der Waals surface area contributed by atoms with Crippen molar-refractivity contribution in [2.75, 3.05) is 89.8 Å². The summed E-state index contributed by atoms with van der Waals surface area (Å²) in [5.41, 5.74) is -5.50. The van der Waals surface area contributed by atoms with Gasteiger partial charge in [0.2, 0.25) is 27.3 Å². The van der Waals surface area contributed by atoms with E-state index in [0.29, 0.717) is 64.1 Å². The molecule has 4 aromatic rings. The summed E-state index contributed by atoms with van der Waals surface area (Å²) >= 11 is 6.43. The van der Waals surface area contributed by atoms with Gasteiger partial charge in [-0.3, -0.25) is 25.0 Å². The van der Waals surface area contributed by atoms with Crippen molar-refractivity contribution in [1.82, 2.24) is 24.5 Å². The van der Waals surface area contributed by atoms with E-state index < -0.39 is 93.2 Å². The number of benzene rings is 2. The number of carbonyl (C=O) groups excluding carboxylic acids is 1. The molecule has 1 amide bonds. The van der Waals surface area contributed by atoms with Crippen molar-refractivity contribution >= 4 is 83.5 Å². The van der Waals surface area contributed by atoms with Crippen LogP contribution in [0.1, 0.15) is 32.3 Å². The molecule has 2 aromatic carbocycles. The minimum Gasteiger partial charge on any atom is -0.491 e. The van der Waals surface area contributed by atoms with Crippen LogP contribution in [0.4, 0.5) is 45.0 Å². The van der Waals surface area contributed by atoms with Gasteiger partial charge in [0, 0.05) is 52.5 Å². The van der Waals surface area contributed by atoms with E-state index in [1.54, 1.807) is 9.62 Å². The first-order chi connectivity index (χ1) is 33.2. The molecule has 0 bridgehead atoms. The van der Waals surface area contributed by atoms with E-state index in [1.807, 2.05) is 13.8 Å². The Bertz CT molecular complexity index is 2690. The summed E-state index contributed by atoms with van der Waals surface area (Å²) in [6.07, 6.45) is -5.76. The average molecular weight is 1120 g/mol. The molecule has 0 aliphatic carbocycles. The number of primary sulfonamides is 1. The van der Waals surface area contributed by atoms with Gasteiger partial charge in [0.25, 0.3) is 22.4 Å². The summed E-state index contributed by atoms with van der Waals surface area (Å²) in [6.45, 7) is 5.60. The molecule has 3 N–H and O–H groups in total. The monoisotopic (exact) mass is 1110 g/mol. The number of nitro groups is 2. The van der Waals surface area contributed by atoms with E-state index in [4.69, 9.17) is 40.2 Å². The number of carbonyl (C=O) groups is 1. The van der Waals surface area contributed by atoms with Gasteiger partial charge < -0.3 is 37.8 Å². The molecule has 1 fully saturated rings. The Hall–Kier alpha value is -5.35. The summed E-state index contributed by atoms with van der Waals surface area (Å²) in [4.78, 5) is 41.7. The normalized spacial score (nSPS) is 13.1. The van der Waals surface area contributed by atoms with Crippen LogP contribution < -0.4 is 29.0 Å². The minimum atomic E-state index is -5.14. The fourth-order valence-corrected chi connectivity index (χ4v) is 10.6. The van der Waals surface area contributed by atoms with E-state index in [1.165, 1.54) is 50.9 Å². The molecule has 2 aromatic heterocycles. The van der Waals surface area contributed by atoms with Crippen molar-refractivity contribution in [2.45, 2.75) is 49.1 Å². The van der Waals surface area contributed by atoms with Crippen LogP contribution in [0.15, 0.2) is 46.3 Å². The fraction of sp³-hybridized carbons (Fsp3) is 0.500. The largest absolute Gasteiger partial charge is 0.491 e. The Labute approximate surface area is 411 Å². The molecular formula is C36H48F5N10O15PS4. The number of aromatic nitrogens is 4. The lowest BCUT2D eigenvalue weighted by Gasteiger charge is -2.27. The third kappa shape index (κ3) is 16.6. The molecule has 1 aliphatic heterocycles. The predicted octanol–water partition coefficient (Wildman–Crippen LogP) is 5.48. The molecule has 0 saturated carbocycles. The van der Waals surface area contributed by atoms with Crippen molar-refractivity contribution in [3.8, 4) is 17.5 Å². The van der Waals surface area contributed by atoms with Crippen molar-refractivity contribution in [1.29, 1.82) is 0 Å². The van der Waals surface area contributed by atoms with Gasteiger partial charge in [0.15, 0.2) is 11.4 Å². The maximum atomic E-state index is 13.5. The number of sulfonamides is 2. The van der Waals surface area contributed by atoms with Crippen LogP contribution in [-0.2, 0) is 56.6 Å². The van der Waals surface area contributed by atoms with Gasteiger partial charge in [-0.05, 0) is 36.8 Å². The first kappa shape index (κ1) is 60.0. The molecule has 0 spiro atoms. The van der Waals surface area contributed by atoms with Gasteiger partial charge in [-0.2, -0.15) is 27.7 Å². The third-order valence-corrected chi connectivity index (χ3v) is 17.0. The highest BCUT2D eigenvalue weighted by Gasteiger charge is 2.40. The van der Waals surface area contributed by atoms with E-state index in [-0.39, 0.29) is 29.0 Å². The van der Waals surface area contributed by atoms with Gasteiger partial charge in [0.05, 0.1) is 59.7 Å². The van der Waals surface area contributed by atoms with Crippen LogP contribution in [-0.4, -0.2) is 144 Å². The maximum Gasteiger partial charge on any atom is 0.417 e. The summed E-state index contributed by atoms with van der Waals surface area (Å²) in [5.74, 6) is -1.16. The summed E-state index contributed by atoms with van der Waals surface area (Å²) < 4.78 is 147. The van der Waals surface area contributed by atoms with E-state index >= 15 is 0 Å². The van der Waals surface area contributed by atoms with Crippen LogP contribution in [0.5, 0.6) is 17.5 Å². The lowest BCUT2D eigenvalue weighted by atomic mass is 10.2. The number of hydrogen-bond donors (Lipinski definition) is 2. The molecule has 396 valence electrons. The second-order valence-corrected chi connectivity index (χ2v) is 23.6. The van der Waals surface area contributed by atoms with Crippen molar-refractivity contribution in [3.05, 3.63) is 62.3 Å². The summed E-state index contributed by atoms with van der Waals surface area (Å²) in [7, 11) is -3.85. The number of rotatable bonds is 21. The Morgan fingerprint density at radius 1 is 1.00 bits per heavy atom. The molecule has 0 radical (unpaired) electrons. The van der Waals surface area contributed by atoms with E-state index in [2.05, 4.69) is 19.8 Å². The second-order valence-electron chi connectivity index (χ2n) is 13.9. The highest BCUT2D eigenvalue weighted by atomic mass is 32.9. The first-order valence-electron chi connectivity index (χ1n) is 20.2. The highest BCUT2D eigenvalue weighted by molar-refractivity contribution is 8.68. The SMILES string of the molecule is CCCN(CCC)c1c([N+](=O)[O-])cc(S(N)(=O)=O)cc1[N+](=O)[O-].COP(=S)(OC)SCC(=O)N1CCOCC1.COc1cnc(OC)n2nc(NS(=O)(=O)c3c(OCC(F)F)cccc3C(F)(F)F)nc12. The number of hydrogen-bond acceptors (Lipinski definition) is 21. The van der Waals surface area contributed by atoms with E-state index in [9.17, 15) is 63.8 Å². The molecule has 35 heteroatoms. The fourth-order valence-electron chi connectivity index (χ4n) is 6.05. The zero-order valence-electron chi connectivity index (χ0n) is 38.4. The van der Waals surface area contributed by atoms with Crippen LogP contribution in [0.2, 0.25) is 0 Å². The number of anilines is 2. The van der Waals surface area contributed by atoms with Crippen LogP contribution in [0, 0.1) is 20.2 Å². The zero-order valence-corrected chi connectivity index (χ0v) is 42.5. The van der Waals surface area contributed by atoms with Crippen molar-refractivity contribution in [2.24, 2.45) is 5.14 Å². The number of halogens is 5. The van der Waals surface area contributed by atoms with Crippen LogP contribution in [0.3, 0.4) is 0 Å². The first-order valence-corrected chi connectivity index (χ1v) is 27.4. The van der Waals surface area contributed by atoms with Crippen LogP contribution in [0.25, 0.3) is 5.65 Å². The lowest BCUT2D eigenvalue weighted by molar-refractivity contribution is -0.393. The number of ether oxygens (including phenoxy) is 4. The van der Waals surface area contributed by atoms with Gasteiger partial charge in [-0.1, -0.05) is 31.3 Å². The molecule has 0 unspecified atom stereocenters. The quantitative estimate of drug-likeness (QED) is 0.0452. The third-order valence-electron chi connectivity index (χ3n) is 9.07. The molecule has 5 rings (SSSR count). The molecule has 3 heterocycles. The number of nitrogens with two attached hydrogens (primary N) is 1. The standard InChI is InChI=1S/C16H14F5N5O5S.C12H18N4O6S.C8H16NO4PS2/c1-29-10-6-22-15(30-2)26-13(10)23-14(24-26)25-32(27,28)12-8(16(19,20)21)4-3-5-9(12)31-7-11(17)18;1-3-5-14(6-4-2)12-10(15(17)18)7-9(23(13,21)22)8-11(12)16(19)20;1-11-14(15,12-2)16-7-8(10)9-3-5-13-6-4-9/h3-6,11H,7H2,1-2H3,(H,24,25);7-8H,3-6H2,1-2H3,(H2,13,21,22);3-7H2,1-2H3. The number of methoxy groups -OCH3 is 2. The summed E-state index contributed by atoms with van der Waals surface area (Å²) in [5, 5.41) is 31.4. The van der Waals surface area contributed by atoms with Gasteiger partial charge in [0.1, 0.15) is 17.3 Å². The number of alkyl halides is 5. The topological polar surface area (TPSA) is 315 Å². The zero-order chi connectivity index (χ0) is 53.5. The number of morpholine rings is 1. The second kappa shape index (κ2) is 26.4. The minimum absolute atomic E-state index is 0.0559.